The summed E-state index contributed by atoms with van der Waals surface area (Å²) in [5, 5.41) is 3.31. The van der Waals surface area contributed by atoms with E-state index in [0.29, 0.717) is 16.7 Å². The second-order valence-electron chi connectivity index (χ2n) is 6.44. The van der Waals surface area contributed by atoms with Crippen molar-refractivity contribution < 1.29 is 14.4 Å². The third-order valence-corrected chi connectivity index (χ3v) is 4.83. The summed E-state index contributed by atoms with van der Waals surface area (Å²) in [5.41, 5.74) is 4.54. The molecule has 2 aromatic carbocycles. The minimum atomic E-state index is -0.905. The minimum Gasteiger partial charge on any atom is -0.442 e. The van der Waals surface area contributed by atoms with E-state index in [-0.39, 0.29) is 0 Å². The van der Waals surface area contributed by atoms with Gasteiger partial charge in [-0.1, -0.05) is 54.1 Å². The first-order valence-corrected chi connectivity index (χ1v) is 9.37. The zero-order valence-electron chi connectivity index (χ0n) is 15.0. The van der Waals surface area contributed by atoms with Crippen LogP contribution in [-0.4, -0.2) is 11.8 Å². The first kappa shape index (κ1) is 19.5. The van der Waals surface area contributed by atoms with Crippen molar-refractivity contribution in [2.24, 2.45) is 0 Å². The van der Waals surface area contributed by atoms with Gasteiger partial charge in [-0.3, -0.25) is 5.32 Å². The van der Waals surface area contributed by atoms with Gasteiger partial charge in [-0.15, -0.1) is 17.1 Å². The Morgan fingerprint density at radius 3 is 2.63 bits per heavy atom. The van der Waals surface area contributed by atoms with Crippen molar-refractivity contribution in [2.75, 3.05) is 0 Å². The van der Waals surface area contributed by atoms with Gasteiger partial charge < -0.3 is 9.57 Å². The molecule has 1 aliphatic rings. The molecule has 5 nitrogen and oxygen atoms in total. The van der Waals surface area contributed by atoms with Gasteiger partial charge in [0.2, 0.25) is 0 Å². The highest BCUT2D eigenvalue weighted by Crippen LogP contribution is 2.27. The van der Waals surface area contributed by atoms with Crippen LogP contribution in [0, 0.1) is 0 Å². The highest BCUT2D eigenvalue weighted by atomic mass is 35.5. The number of hydroxylamine groups is 1. The van der Waals surface area contributed by atoms with E-state index in [0.717, 1.165) is 16.7 Å². The molecule has 0 aliphatic carbocycles. The van der Waals surface area contributed by atoms with Crippen molar-refractivity contribution in [1.29, 1.82) is 0 Å². The van der Waals surface area contributed by atoms with Gasteiger partial charge in [0.15, 0.2) is 5.76 Å². The fourth-order valence-corrected chi connectivity index (χ4v) is 3.18. The van der Waals surface area contributed by atoms with Gasteiger partial charge in [0.25, 0.3) is 0 Å². The Balaban J connectivity index is 1.65. The predicted molar refractivity (Wildman–Crippen MR) is 106 cm³/mol. The average Bonchev–Trinajstić information content (AvgIpc) is 3.03. The van der Waals surface area contributed by atoms with Crippen LogP contribution in [0.1, 0.15) is 36.6 Å². The van der Waals surface area contributed by atoms with Crippen molar-refractivity contribution in [3.8, 4) is 0 Å². The molecule has 0 saturated heterocycles. The molecule has 1 heterocycles. The normalized spacial score (nSPS) is 19.8. The lowest BCUT2D eigenvalue weighted by molar-refractivity contribution is 0.0720. The van der Waals surface area contributed by atoms with Gasteiger partial charge in [-0.05, 0) is 25.5 Å². The standard InChI is InChI=1S/C20H20Cl2N2O3/c1-13(16-5-3-4-6-17(16)22)26-19(25)23-20(2)11-18(27-24-20)15-9-7-14(12-21)8-10-15/h3-11,13,24H,12H2,1-2H3,(H,23,25). The number of amides is 1. The van der Waals surface area contributed by atoms with Crippen LogP contribution in [0.3, 0.4) is 0 Å². The van der Waals surface area contributed by atoms with Crippen molar-refractivity contribution in [2.45, 2.75) is 31.5 Å². The molecule has 27 heavy (non-hydrogen) atoms. The van der Waals surface area contributed by atoms with Gasteiger partial charge >= 0.3 is 6.09 Å². The largest absolute Gasteiger partial charge is 0.442 e. The second kappa shape index (κ2) is 8.21. The number of carbonyl (C=O) groups is 1. The number of benzene rings is 2. The molecule has 2 unspecified atom stereocenters. The zero-order chi connectivity index (χ0) is 19.4. The fraction of sp³-hybridized carbons (Fsp3) is 0.250. The molecule has 0 aromatic heterocycles. The minimum absolute atomic E-state index is 0.452. The number of hydrogen-bond donors (Lipinski definition) is 2. The Bertz CT molecular complexity index is 855. The van der Waals surface area contributed by atoms with Crippen LogP contribution in [-0.2, 0) is 15.5 Å². The maximum Gasteiger partial charge on any atom is 0.409 e. The number of alkyl carbamates (subject to hydrolysis) is 1. The quantitative estimate of drug-likeness (QED) is 0.673. The van der Waals surface area contributed by atoms with Crippen LogP contribution in [0.4, 0.5) is 4.79 Å². The van der Waals surface area contributed by atoms with E-state index in [1.807, 2.05) is 42.5 Å². The maximum absolute atomic E-state index is 12.3. The number of hydrogen-bond acceptors (Lipinski definition) is 4. The summed E-state index contributed by atoms with van der Waals surface area (Å²) >= 11 is 12.0. The molecule has 1 amide bonds. The summed E-state index contributed by atoms with van der Waals surface area (Å²) in [5.74, 6) is 1.06. The maximum atomic E-state index is 12.3. The lowest BCUT2D eigenvalue weighted by atomic mass is 10.1. The monoisotopic (exact) mass is 406 g/mol. The van der Waals surface area contributed by atoms with Crippen molar-refractivity contribution >= 4 is 35.1 Å². The summed E-state index contributed by atoms with van der Waals surface area (Å²) in [6, 6.07) is 14.9. The molecule has 0 spiro atoms. The fourth-order valence-electron chi connectivity index (χ4n) is 2.71. The van der Waals surface area contributed by atoms with Gasteiger partial charge in [0.05, 0.1) is 0 Å². The van der Waals surface area contributed by atoms with E-state index < -0.39 is 17.9 Å². The summed E-state index contributed by atoms with van der Waals surface area (Å²) in [7, 11) is 0. The second-order valence-corrected chi connectivity index (χ2v) is 7.11. The Morgan fingerprint density at radius 2 is 1.96 bits per heavy atom. The lowest BCUT2D eigenvalue weighted by Crippen LogP contribution is -2.52. The summed E-state index contributed by atoms with van der Waals surface area (Å²) < 4.78 is 5.44. The topological polar surface area (TPSA) is 59.6 Å². The van der Waals surface area contributed by atoms with Crippen LogP contribution in [0.25, 0.3) is 5.76 Å². The Labute approximate surface area is 168 Å². The van der Waals surface area contributed by atoms with Crippen LogP contribution < -0.4 is 10.8 Å². The molecule has 0 bridgehead atoms. The lowest BCUT2D eigenvalue weighted by Gasteiger charge is -2.23. The highest BCUT2D eigenvalue weighted by molar-refractivity contribution is 6.31. The van der Waals surface area contributed by atoms with E-state index in [4.69, 9.17) is 32.8 Å². The Kier molecular flexibility index (Phi) is 5.95. The molecule has 0 fully saturated rings. The zero-order valence-corrected chi connectivity index (χ0v) is 16.5. The predicted octanol–water partition coefficient (Wildman–Crippen LogP) is 5.16. The van der Waals surface area contributed by atoms with E-state index in [9.17, 15) is 4.79 Å². The van der Waals surface area contributed by atoms with Crippen LogP contribution in [0.5, 0.6) is 0 Å². The van der Waals surface area contributed by atoms with E-state index in [2.05, 4.69) is 10.8 Å². The summed E-state index contributed by atoms with van der Waals surface area (Å²) in [6.45, 7) is 3.54. The molecule has 2 N–H and O–H groups in total. The first-order chi connectivity index (χ1) is 12.9. The molecule has 2 aromatic rings. The SMILES string of the molecule is CC(OC(=O)NC1(C)C=C(c2ccc(CCl)cc2)ON1)c1ccccc1Cl. The number of rotatable bonds is 5. The first-order valence-electron chi connectivity index (χ1n) is 8.45. The molecular weight excluding hydrogens is 387 g/mol. The van der Waals surface area contributed by atoms with Crippen molar-refractivity contribution in [1.82, 2.24) is 10.8 Å². The van der Waals surface area contributed by atoms with Gasteiger partial charge in [0.1, 0.15) is 11.8 Å². The summed E-state index contributed by atoms with van der Waals surface area (Å²) in [4.78, 5) is 17.8. The summed E-state index contributed by atoms with van der Waals surface area (Å²) in [6.07, 6.45) is 0.705. The van der Waals surface area contributed by atoms with E-state index >= 15 is 0 Å². The van der Waals surface area contributed by atoms with Crippen molar-refractivity contribution in [3.05, 3.63) is 76.3 Å². The number of ether oxygens (including phenoxy) is 1. The highest BCUT2D eigenvalue weighted by Gasteiger charge is 2.33. The van der Waals surface area contributed by atoms with Gasteiger partial charge in [-0.25, -0.2) is 4.79 Å². The molecule has 2 atom stereocenters. The Morgan fingerprint density at radius 1 is 1.26 bits per heavy atom. The van der Waals surface area contributed by atoms with E-state index in [1.165, 1.54) is 0 Å². The molecule has 7 heteroatoms. The number of carbonyl (C=O) groups excluding carboxylic acids is 1. The third-order valence-electron chi connectivity index (χ3n) is 4.17. The number of halogens is 2. The molecular formula is C20H20Cl2N2O3. The molecule has 1 aliphatic heterocycles. The Hall–Kier alpha value is -2.21. The molecule has 142 valence electrons. The average molecular weight is 407 g/mol. The van der Waals surface area contributed by atoms with Gasteiger partial charge in [0, 0.05) is 28.1 Å². The molecule has 0 radical (unpaired) electrons. The van der Waals surface area contributed by atoms with Crippen LogP contribution in [0.15, 0.2) is 54.6 Å². The van der Waals surface area contributed by atoms with Crippen LogP contribution in [0.2, 0.25) is 5.02 Å². The third kappa shape index (κ3) is 4.75. The van der Waals surface area contributed by atoms with Crippen molar-refractivity contribution in [3.63, 3.8) is 0 Å². The molecule has 3 rings (SSSR count). The number of alkyl halides is 1. The van der Waals surface area contributed by atoms with E-state index in [1.54, 1.807) is 26.0 Å². The smallest absolute Gasteiger partial charge is 0.409 e. The van der Waals surface area contributed by atoms with Crippen LogP contribution >= 0.6 is 23.2 Å². The van der Waals surface area contributed by atoms with Gasteiger partial charge in [-0.2, -0.15) is 0 Å². The molecule has 0 saturated carbocycles. The number of nitrogens with one attached hydrogen (secondary N) is 2.